The van der Waals surface area contributed by atoms with Crippen LogP contribution in [0.15, 0.2) is 48.5 Å². The zero-order valence-electron chi connectivity index (χ0n) is 20.2. The molecule has 0 amide bonds. The number of benzene rings is 2. The average molecular weight is 530 g/mol. The van der Waals surface area contributed by atoms with Gasteiger partial charge in [0.1, 0.15) is 23.4 Å². The highest BCUT2D eigenvalue weighted by atomic mass is 35.7. The van der Waals surface area contributed by atoms with Gasteiger partial charge in [-0.3, -0.25) is 4.79 Å². The molecule has 0 saturated heterocycles. The van der Waals surface area contributed by atoms with Gasteiger partial charge in [0.15, 0.2) is 0 Å². The molecule has 0 bridgehead atoms. The third-order valence-corrected chi connectivity index (χ3v) is 6.98. The van der Waals surface area contributed by atoms with Gasteiger partial charge in [-0.25, -0.2) is 18.4 Å². The van der Waals surface area contributed by atoms with E-state index in [2.05, 4.69) is 12.0 Å². The summed E-state index contributed by atoms with van der Waals surface area (Å²) in [6.07, 6.45) is 9.90. The van der Waals surface area contributed by atoms with E-state index >= 15 is 0 Å². The normalized spacial score (nSPS) is 13.7. The minimum absolute atomic E-state index is 0.180. The highest BCUT2D eigenvalue weighted by Crippen LogP contribution is 2.48. The summed E-state index contributed by atoms with van der Waals surface area (Å²) in [4.78, 5) is 12.8. The predicted molar refractivity (Wildman–Crippen MR) is 136 cm³/mol. The topological polar surface area (TPSA) is 64.6 Å². The van der Waals surface area contributed by atoms with E-state index in [1.807, 2.05) is 0 Å². The van der Waals surface area contributed by atoms with Crippen LogP contribution in [0.2, 0.25) is 0 Å². The van der Waals surface area contributed by atoms with Crippen LogP contribution >= 0.6 is 18.1 Å². The number of hydrogen-bond donors (Lipinski definition) is 1. The molecule has 0 aliphatic carbocycles. The fourth-order valence-electron chi connectivity index (χ4n) is 3.66. The van der Waals surface area contributed by atoms with Crippen molar-refractivity contribution in [2.75, 3.05) is 6.61 Å². The van der Waals surface area contributed by atoms with Crippen LogP contribution in [0.25, 0.3) is 0 Å². The number of carbonyl (C=O) groups excluding carboxylic acids is 1. The molecule has 35 heavy (non-hydrogen) atoms. The Bertz CT molecular complexity index is 928. The van der Waals surface area contributed by atoms with E-state index in [1.165, 1.54) is 32.1 Å². The lowest BCUT2D eigenvalue weighted by molar-refractivity contribution is -0.145. The third kappa shape index (κ3) is 12.5. The van der Waals surface area contributed by atoms with Crippen molar-refractivity contribution in [1.82, 2.24) is 5.09 Å². The van der Waals surface area contributed by atoms with Crippen LogP contribution in [-0.4, -0.2) is 18.6 Å². The maximum Gasteiger partial charge on any atom is 0.409 e. The maximum atomic E-state index is 13.7. The van der Waals surface area contributed by atoms with Gasteiger partial charge in [-0.1, -0.05) is 76.5 Å². The van der Waals surface area contributed by atoms with Crippen molar-refractivity contribution in [3.8, 4) is 5.75 Å². The molecule has 2 aromatic carbocycles. The van der Waals surface area contributed by atoms with Crippen LogP contribution in [0.4, 0.5) is 8.78 Å². The second kappa shape index (κ2) is 15.9. The number of unbranched alkanes of at least 4 members (excludes halogenated alkanes) is 8. The molecule has 2 atom stereocenters. The van der Waals surface area contributed by atoms with Gasteiger partial charge >= 0.3 is 12.8 Å². The van der Waals surface area contributed by atoms with Crippen LogP contribution in [0.5, 0.6) is 5.75 Å². The summed E-state index contributed by atoms with van der Waals surface area (Å²) < 4.78 is 50.9. The molecule has 0 aliphatic rings. The van der Waals surface area contributed by atoms with Gasteiger partial charge in [0.2, 0.25) is 0 Å². The molecule has 0 saturated carbocycles. The monoisotopic (exact) mass is 529 g/mol. The molecule has 9 heteroatoms. The Morgan fingerprint density at radius 1 is 0.943 bits per heavy atom. The molecule has 0 heterocycles. The Hall–Kier alpha value is -1.95. The fraction of sp³-hybridized carbons (Fsp3) is 0.500. The molecular weight excluding hydrogens is 495 g/mol. The first kappa shape index (κ1) is 29.3. The van der Waals surface area contributed by atoms with Crippen LogP contribution < -0.4 is 9.61 Å². The highest BCUT2D eigenvalue weighted by molar-refractivity contribution is 7.84. The minimum Gasteiger partial charge on any atom is -0.465 e. The van der Waals surface area contributed by atoms with Crippen LogP contribution in [0.3, 0.4) is 0 Å². The Balaban J connectivity index is 1.90. The first-order chi connectivity index (χ1) is 16.8. The number of halogens is 3. The summed E-state index contributed by atoms with van der Waals surface area (Å²) in [5.74, 6) is -2.03. The van der Waals surface area contributed by atoms with Crippen molar-refractivity contribution >= 4 is 24.1 Å². The highest BCUT2D eigenvalue weighted by Gasteiger charge is 2.31. The molecule has 0 radical (unpaired) electrons. The van der Waals surface area contributed by atoms with Crippen LogP contribution in [-0.2, 0) is 20.5 Å². The second-order valence-corrected chi connectivity index (χ2v) is 11.3. The molecule has 0 aromatic heterocycles. The van der Waals surface area contributed by atoms with Crippen molar-refractivity contribution in [2.45, 2.75) is 77.2 Å². The standard InChI is InChI=1S/C26H35ClF2NO4P/c1-2-3-4-5-6-7-8-9-13-16-33-26(31)25(19-21-17-22(28)20-23(29)18-21)30-35(27,32)34-24-14-11-10-12-15-24/h10-12,14-15,17-18,20,25H,2-9,13,16,19H2,1H3,(H,30,32)/t25-,35?/m0/s1. The van der Waals surface area contributed by atoms with E-state index in [0.29, 0.717) is 6.42 Å². The molecule has 194 valence electrons. The SMILES string of the molecule is CCCCCCCCCCCOC(=O)[C@H](Cc1cc(F)cc(F)c1)NP(=O)(Cl)Oc1ccccc1. The van der Waals surface area contributed by atoms with Gasteiger partial charge < -0.3 is 9.26 Å². The van der Waals surface area contributed by atoms with E-state index < -0.39 is 30.5 Å². The molecule has 1 unspecified atom stereocenters. The first-order valence-electron chi connectivity index (χ1n) is 12.2. The molecular formula is C26H35ClF2NO4P. The lowest BCUT2D eigenvalue weighted by Crippen LogP contribution is -2.38. The van der Waals surface area contributed by atoms with Gasteiger partial charge in [-0.05, 0) is 42.7 Å². The summed E-state index contributed by atoms with van der Waals surface area (Å²) in [7, 11) is 0. The Morgan fingerprint density at radius 2 is 1.51 bits per heavy atom. The van der Waals surface area contributed by atoms with Crippen molar-refractivity contribution in [3.05, 3.63) is 65.7 Å². The van der Waals surface area contributed by atoms with Crippen LogP contribution in [0.1, 0.15) is 70.3 Å². The summed E-state index contributed by atoms with van der Waals surface area (Å²) in [6, 6.07) is 9.96. The number of nitrogens with one attached hydrogen (secondary N) is 1. The minimum atomic E-state index is -4.02. The van der Waals surface area contributed by atoms with Gasteiger partial charge in [0.25, 0.3) is 0 Å². The zero-order chi connectivity index (χ0) is 25.5. The van der Waals surface area contributed by atoms with E-state index in [4.69, 9.17) is 20.5 Å². The first-order valence-corrected chi connectivity index (χ1v) is 14.8. The molecule has 5 nitrogen and oxygen atoms in total. The van der Waals surface area contributed by atoms with Gasteiger partial charge in [0.05, 0.1) is 6.61 Å². The Labute approximate surface area is 211 Å². The quantitative estimate of drug-likeness (QED) is 0.128. The van der Waals surface area contributed by atoms with Gasteiger partial charge in [-0.15, -0.1) is 0 Å². The van der Waals surface area contributed by atoms with E-state index in [1.54, 1.807) is 30.3 Å². The summed E-state index contributed by atoms with van der Waals surface area (Å²) in [6.45, 7) is -1.63. The molecule has 2 aromatic rings. The lowest BCUT2D eigenvalue weighted by atomic mass is 10.1. The largest absolute Gasteiger partial charge is 0.465 e. The second-order valence-electron chi connectivity index (χ2n) is 8.54. The predicted octanol–water partition coefficient (Wildman–Crippen LogP) is 7.97. The summed E-state index contributed by atoms with van der Waals surface area (Å²) >= 11 is 6.07. The van der Waals surface area contributed by atoms with E-state index in [9.17, 15) is 18.1 Å². The third-order valence-electron chi connectivity index (χ3n) is 5.41. The lowest BCUT2D eigenvalue weighted by Gasteiger charge is -2.21. The fourth-order valence-corrected chi connectivity index (χ4v) is 5.27. The van der Waals surface area contributed by atoms with Crippen LogP contribution in [0, 0.1) is 11.6 Å². The summed E-state index contributed by atoms with van der Waals surface area (Å²) in [5.41, 5.74) is 0.191. The molecule has 2 rings (SSSR count). The number of rotatable bonds is 17. The zero-order valence-corrected chi connectivity index (χ0v) is 21.8. The summed E-state index contributed by atoms with van der Waals surface area (Å²) in [5, 5.41) is 2.49. The maximum absolute atomic E-state index is 13.7. The molecule has 0 spiro atoms. The number of carbonyl (C=O) groups is 1. The van der Waals surface area contributed by atoms with Crippen molar-refractivity contribution in [3.63, 3.8) is 0 Å². The van der Waals surface area contributed by atoms with Gasteiger partial charge in [-0.2, -0.15) is 0 Å². The smallest absolute Gasteiger partial charge is 0.409 e. The number of hydrogen-bond acceptors (Lipinski definition) is 4. The molecule has 1 N–H and O–H groups in total. The Kier molecular flexibility index (Phi) is 13.3. The average Bonchev–Trinajstić information content (AvgIpc) is 2.79. The number of esters is 1. The molecule has 0 aliphatic heterocycles. The van der Waals surface area contributed by atoms with Crippen molar-refractivity contribution in [1.29, 1.82) is 0 Å². The van der Waals surface area contributed by atoms with E-state index in [0.717, 1.165) is 37.5 Å². The van der Waals surface area contributed by atoms with Crippen molar-refractivity contribution < 1.29 is 27.4 Å². The molecule has 0 fully saturated rings. The number of para-hydroxylation sites is 1. The van der Waals surface area contributed by atoms with Crippen molar-refractivity contribution in [2.24, 2.45) is 0 Å². The number of ether oxygens (including phenoxy) is 1. The van der Waals surface area contributed by atoms with E-state index in [-0.39, 0.29) is 24.3 Å². The Morgan fingerprint density at radius 3 is 2.11 bits per heavy atom. The van der Waals surface area contributed by atoms with Gasteiger partial charge in [0, 0.05) is 17.3 Å².